The molecule has 0 unspecified atom stereocenters. The van der Waals surface area contributed by atoms with Crippen LogP contribution in [-0.2, 0) is 0 Å². The molecule has 0 aliphatic rings. The highest BCUT2D eigenvalue weighted by Gasteiger charge is 1.90. The molecule has 3 rings (SSSR count). The van der Waals surface area contributed by atoms with E-state index in [1.54, 1.807) is 0 Å². The molecule has 0 saturated heterocycles. The zero-order valence-corrected chi connectivity index (χ0v) is 15.5. The Morgan fingerprint density at radius 2 is 1.00 bits per heavy atom. The van der Waals surface area contributed by atoms with Crippen LogP contribution in [0.25, 0.3) is 22.9 Å². The molecule has 0 radical (unpaired) electrons. The van der Waals surface area contributed by atoms with Gasteiger partial charge in [0.25, 0.3) is 0 Å². The minimum atomic E-state index is 0. The highest BCUT2D eigenvalue weighted by molar-refractivity contribution is 5.84. The summed E-state index contributed by atoms with van der Waals surface area (Å²) < 4.78 is 0. The van der Waals surface area contributed by atoms with Crippen molar-refractivity contribution in [3.05, 3.63) is 97.1 Å². The molecule has 142 valence electrons. The minimum absolute atomic E-state index is 0. The fraction of sp³-hybridized carbons (Fsp3) is 0.231. The van der Waals surface area contributed by atoms with Crippen LogP contribution in [-0.4, -0.2) is 0 Å². The van der Waals surface area contributed by atoms with Gasteiger partial charge in [-0.2, -0.15) is 0 Å². The van der Waals surface area contributed by atoms with Gasteiger partial charge in [-0.25, -0.2) is 0 Å². The summed E-state index contributed by atoms with van der Waals surface area (Å²) in [5, 5.41) is 2.55. The van der Waals surface area contributed by atoms with Crippen molar-refractivity contribution in [2.75, 3.05) is 0 Å². The van der Waals surface area contributed by atoms with Gasteiger partial charge in [-0.05, 0) is 28.0 Å². The molecule has 0 N–H and O–H groups in total. The number of benzene rings is 3. The Bertz CT molecular complexity index is 693. The third-order valence-electron chi connectivity index (χ3n) is 3.04. The van der Waals surface area contributed by atoms with E-state index in [-0.39, 0.29) is 14.9 Å². The zero-order chi connectivity index (χ0) is 18.2. The smallest absolute Gasteiger partial charge is 0.0178 e. The van der Waals surface area contributed by atoms with Crippen LogP contribution in [0.15, 0.2) is 86.0 Å². The van der Waals surface area contributed by atoms with Gasteiger partial charge in [0.15, 0.2) is 0 Å². The van der Waals surface area contributed by atoms with E-state index in [1.807, 2.05) is 70.2 Å². The Kier molecular flexibility index (Phi) is 20.3. The number of hydrogen-bond donors (Lipinski definition) is 0. The Hall–Kier alpha value is -2.60. The molecule has 3 aromatic rings. The molecule has 0 heteroatoms. The lowest BCUT2D eigenvalue weighted by Gasteiger charge is -1.97. The van der Waals surface area contributed by atoms with E-state index >= 15 is 0 Å². The second-order valence-corrected chi connectivity index (χ2v) is 4.43. The second kappa shape index (κ2) is 18.7. The summed E-state index contributed by atoms with van der Waals surface area (Å²) in [5.41, 5.74) is 2.35. The molecule has 0 bridgehead atoms. The first-order valence-corrected chi connectivity index (χ1v) is 8.62. The monoisotopic (exact) mass is 350 g/mol. The van der Waals surface area contributed by atoms with E-state index in [2.05, 4.69) is 55.6 Å². The summed E-state index contributed by atoms with van der Waals surface area (Å²) in [6.45, 7) is 15.4. The Labute approximate surface area is 162 Å². The van der Waals surface area contributed by atoms with Crippen LogP contribution >= 0.6 is 0 Å². The molecule has 0 fully saturated rings. The van der Waals surface area contributed by atoms with Gasteiger partial charge < -0.3 is 0 Å². The van der Waals surface area contributed by atoms with Gasteiger partial charge in [0.2, 0.25) is 0 Å². The van der Waals surface area contributed by atoms with E-state index in [1.165, 1.54) is 21.9 Å². The molecule has 0 heterocycles. The van der Waals surface area contributed by atoms with Crippen LogP contribution < -0.4 is 0 Å². The van der Waals surface area contributed by atoms with Gasteiger partial charge in [-0.1, -0.05) is 135 Å². The van der Waals surface area contributed by atoms with E-state index in [0.29, 0.717) is 0 Å². The van der Waals surface area contributed by atoms with Crippen LogP contribution in [0.3, 0.4) is 0 Å². The summed E-state index contributed by atoms with van der Waals surface area (Å²) in [7, 11) is 0. The average Bonchev–Trinajstić information content (AvgIpc) is 2.71. The van der Waals surface area contributed by atoms with Gasteiger partial charge >= 0.3 is 0 Å². The summed E-state index contributed by atoms with van der Waals surface area (Å²) in [6, 6.07) is 24.7. The largest absolute Gasteiger partial charge is 0.0985 e. The maximum atomic E-state index is 3.74. The molecule has 0 aromatic heterocycles. The van der Waals surface area contributed by atoms with Gasteiger partial charge in [0.05, 0.1) is 0 Å². The fourth-order valence-corrected chi connectivity index (χ4v) is 1.92. The first-order valence-electron chi connectivity index (χ1n) is 8.62. The Morgan fingerprint density at radius 3 is 1.46 bits per heavy atom. The van der Waals surface area contributed by atoms with E-state index < -0.39 is 0 Å². The zero-order valence-electron chi connectivity index (χ0n) is 15.5. The highest BCUT2D eigenvalue weighted by Crippen LogP contribution is 2.15. The molecule has 0 saturated carbocycles. The van der Waals surface area contributed by atoms with Crippen molar-refractivity contribution in [3.8, 4) is 0 Å². The quantitative estimate of drug-likeness (QED) is 0.432. The van der Waals surface area contributed by atoms with E-state index in [9.17, 15) is 0 Å². The highest BCUT2D eigenvalue weighted by atomic mass is 14.0. The summed E-state index contributed by atoms with van der Waals surface area (Å²) in [4.78, 5) is 0. The van der Waals surface area contributed by atoms with Gasteiger partial charge in [0, 0.05) is 0 Å². The number of fused-ring (bicyclic) bond motifs is 1. The second-order valence-electron chi connectivity index (χ2n) is 4.43. The first kappa shape index (κ1) is 28.2. The Balaban J connectivity index is -0.000000335. The SMILES string of the molecule is C.C.C=Cc1ccc2ccccc2c1.C=Cc1ccccc1.CC.CC. The van der Waals surface area contributed by atoms with Gasteiger partial charge in [-0.3, -0.25) is 0 Å². The van der Waals surface area contributed by atoms with Crippen LogP contribution in [0.4, 0.5) is 0 Å². The minimum Gasteiger partial charge on any atom is -0.0985 e. The summed E-state index contributed by atoms with van der Waals surface area (Å²) in [5.74, 6) is 0. The molecular formula is C26H38. The van der Waals surface area contributed by atoms with Crippen LogP contribution in [0, 0.1) is 0 Å². The molecule has 0 spiro atoms. The van der Waals surface area contributed by atoms with Crippen molar-refractivity contribution in [2.45, 2.75) is 42.5 Å². The van der Waals surface area contributed by atoms with Gasteiger partial charge in [0.1, 0.15) is 0 Å². The molecular weight excluding hydrogens is 312 g/mol. The van der Waals surface area contributed by atoms with Crippen molar-refractivity contribution < 1.29 is 0 Å². The molecule has 0 atom stereocenters. The fourth-order valence-electron chi connectivity index (χ4n) is 1.92. The van der Waals surface area contributed by atoms with E-state index in [4.69, 9.17) is 0 Å². The Morgan fingerprint density at radius 1 is 0.538 bits per heavy atom. The lowest BCUT2D eigenvalue weighted by Crippen LogP contribution is -1.73. The predicted molar refractivity (Wildman–Crippen MR) is 127 cm³/mol. The standard InChI is InChI=1S/C12H10.C8H8.2C2H6.2CH4/c1-2-10-7-8-11-5-3-4-6-12(11)9-10;1-2-8-6-4-3-5-7-8;2*1-2;;/h2-9H,1H2;2-7H,1H2;2*1-2H3;2*1H4. The summed E-state index contributed by atoms with van der Waals surface area (Å²) >= 11 is 0. The third kappa shape index (κ3) is 10.3. The maximum absolute atomic E-state index is 3.74. The van der Waals surface area contributed by atoms with Crippen LogP contribution in [0.1, 0.15) is 53.7 Å². The lowest BCUT2D eigenvalue weighted by molar-refractivity contribution is 1.50. The van der Waals surface area contributed by atoms with Crippen molar-refractivity contribution in [1.29, 1.82) is 0 Å². The molecule has 26 heavy (non-hydrogen) atoms. The maximum Gasteiger partial charge on any atom is -0.0178 e. The predicted octanol–water partition coefficient (Wildman–Crippen LogP) is 9.14. The van der Waals surface area contributed by atoms with E-state index in [0.717, 1.165) is 0 Å². The first-order chi connectivity index (χ1) is 11.8. The molecule has 0 aliphatic heterocycles. The van der Waals surface area contributed by atoms with Crippen LogP contribution in [0.5, 0.6) is 0 Å². The summed E-state index contributed by atoms with van der Waals surface area (Å²) in [6.07, 6.45) is 3.70. The number of rotatable bonds is 2. The van der Waals surface area contributed by atoms with Crippen molar-refractivity contribution in [1.82, 2.24) is 0 Å². The molecule has 0 amide bonds. The van der Waals surface area contributed by atoms with Crippen molar-refractivity contribution >= 4 is 22.9 Å². The third-order valence-corrected chi connectivity index (χ3v) is 3.04. The normalized spacial score (nSPS) is 7.69. The van der Waals surface area contributed by atoms with Gasteiger partial charge in [-0.15, -0.1) is 0 Å². The molecule has 0 nitrogen and oxygen atoms in total. The number of hydrogen-bond acceptors (Lipinski definition) is 0. The lowest BCUT2D eigenvalue weighted by atomic mass is 10.1. The van der Waals surface area contributed by atoms with Crippen molar-refractivity contribution in [2.24, 2.45) is 0 Å². The topological polar surface area (TPSA) is 0 Å². The van der Waals surface area contributed by atoms with Crippen LogP contribution in [0.2, 0.25) is 0 Å². The van der Waals surface area contributed by atoms with Crippen molar-refractivity contribution in [3.63, 3.8) is 0 Å². The molecule has 3 aromatic carbocycles. The molecule has 0 aliphatic carbocycles. The average molecular weight is 351 g/mol.